The molecule has 14 heteroatoms. The maximum absolute atomic E-state index is 13.3. The first-order valence-corrected chi connectivity index (χ1v) is 10.5. The van der Waals surface area contributed by atoms with Crippen molar-refractivity contribution in [1.82, 2.24) is 21.3 Å². The number of carbonyl (C=O) groups excluding carboxylic acids is 5. The van der Waals surface area contributed by atoms with Gasteiger partial charge in [0.2, 0.25) is 29.4 Å². The van der Waals surface area contributed by atoms with Crippen LogP contribution in [0.5, 0.6) is 0 Å². The van der Waals surface area contributed by atoms with E-state index in [-0.39, 0.29) is 5.92 Å². The van der Waals surface area contributed by atoms with Gasteiger partial charge in [-0.3, -0.25) is 24.0 Å². The van der Waals surface area contributed by atoms with Crippen LogP contribution in [-0.2, 0) is 28.8 Å². The van der Waals surface area contributed by atoms with Crippen LogP contribution in [0.4, 0.5) is 8.78 Å². The van der Waals surface area contributed by atoms with Crippen molar-refractivity contribution >= 4 is 35.4 Å². The molecule has 0 aromatic heterocycles. The van der Waals surface area contributed by atoms with E-state index in [0.717, 1.165) is 13.8 Å². The third kappa shape index (κ3) is 8.65. The molecule has 12 nitrogen and oxygen atoms in total. The number of carbonyl (C=O) groups is 6. The number of ketones is 1. The Morgan fingerprint density at radius 3 is 1.68 bits per heavy atom. The number of halogens is 2. The Morgan fingerprint density at radius 2 is 1.26 bits per heavy atom. The minimum atomic E-state index is -4.72. The number of aliphatic hydroxyl groups is 1. The summed E-state index contributed by atoms with van der Waals surface area (Å²) >= 11 is 0. The third-order valence-electron chi connectivity index (χ3n) is 5.00. The van der Waals surface area contributed by atoms with E-state index in [1.165, 1.54) is 13.8 Å². The Hall–Kier alpha value is -3.16. The zero-order valence-corrected chi connectivity index (χ0v) is 19.8. The van der Waals surface area contributed by atoms with Crippen molar-refractivity contribution < 1.29 is 47.8 Å². The van der Waals surface area contributed by atoms with Crippen LogP contribution in [0.25, 0.3) is 0 Å². The first-order chi connectivity index (χ1) is 15.5. The van der Waals surface area contributed by atoms with Gasteiger partial charge in [0, 0.05) is 6.92 Å². The number of aliphatic hydroxyl groups excluding tert-OH is 1. The van der Waals surface area contributed by atoms with Crippen molar-refractivity contribution in [3.63, 3.8) is 0 Å². The van der Waals surface area contributed by atoms with Gasteiger partial charge in [-0.25, -0.2) is 4.79 Å². The molecular formula is C20H32F2N4O8. The van der Waals surface area contributed by atoms with E-state index in [1.54, 1.807) is 13.8 Å². The zero-order chi connectivity index (χ0) is 27.0. The lowest BCUT2D eigenvalue weighted by atomic mass is 9.97. The van der Waals surface area contributed by atoms with Crippen molar-refractivity contribution in [3.8, 4) is 0 Å². The van der Waals surface area contributed by atoms with E-state index >= 15 is 0 Å². The van der Waals surface area contributed by atoms with E-state index in [4.69, 9.17) is 5.11 Å². The molecule has 4 amide bonds. The highest BCUT2D eigenvalue weighted by Crippen LogP contribution is 2.17. The van der Waals surface area contributed by atoms with E-state index in [1.807, 2.05) is 5.32 Å². The number of amides is 4. The number of carboxylic acids is 1. The highest BCUT2D eigenvalue weighted by molar-refractivity contribution is 6.08. The summed E-state index contributed by atoms with van der Waals surface area (Å²) in [6, 6.07) is -5.85. The monoisotopic (exact) mass is 494 g/mol. The van der Waals surface area contributed by atoms with Crippen molar-refractivity contribution in [2.24, 2.45) is 5.92 Å². The zero-order valence-electron chi connectivity index (χ0n) is 19.8. The van der Waals surface area contributed by atoms with Crippen molar-refractivity contribution in [3.05, 3.63) is 0 Å². The second kappa shape index (κ2) is 12.9. The minimum Gasteiger partial charge on any atom is -0.476 e. The fraction of sp³-hybridized carbons (Fsp3) is 0.700. The molecule has 194 valence electrons. The second-order valence-corrected chi connectivity index (χ2v) is 7.99. The van der Waals surface area contributed by atoms with Crippen LogP contribution in [0, 0.1) is 5.92 Å². The Labute approximate surface area is 195 Å². The van der Waals surface area contributed by atoms with Crippen LogP contribution in [0.2, 0.25) is 0 Å². The molecule has 0 aliphatic heterocycles. The summed E-state index contributed by atoms with van der Waals surface area (Å²) in [6.07, 6.45) is -0.914. The van der Waals surface area contributed by atoms with E-state index in [9.17, 15) is 42.7 Å². The first-order valence-electron chi connectivity index (χ1n) is 10.5. The lowest BCUT2D eigenvalue weighted by Crippen LogP contribution is -2.60. The lowest BCUT2D eigenvalue weighted by molar-refractivity contribution is -0.172. The molecule has 0 unspecified atom stereocenters. The maximum atomic E-state index is 13.3. The number of hydrogen-bond acceptors (Lipinski definition) is 7. The Kier molecular flexibility index (Phi) is 11.7. The number of hydrogen-bond donors (Lipinski definition) is 6. The number of carboxylic acid groups (broad SMARTS) is 1. The molecule has 6 N–H and O–H groups in total. The normalized spacial score (nSPS) is 16.6. The third-order valence-corrected chi connectivity index (χ3v) is 5.00. The molecule has 0 rings (SSSR count). The molecule has 0 aromatic carbocycles. The van der Waals surface area contributed by atoms with Crippen LogP contribution in [0.1, 0.15) is 48.0 Å². The Morgan fingerprint density at radius 1 is 0.794 bits per heavy atom. The van der Waals surface area contributed by atoms with Gasteiger partial charge in [0.15, 0.2) is 0 Å². The molecular weight excluding hydrogens is 462 g/mol. The molecule has 0 saturated carbocycles. The minimum absolute atomic E-state index is 0.311. The standard InChI is InChI=1S/C20H32F2N4O8/c1-7-8(2)13(25-12(6)28)17(31)26-14(11(5)27)18(32)24-10(4)16(30)23-9(3)15(29)20(21,22)19(33)34/h8-11,13-14,27H,7H2,1-6H3,(H,23,30)(H,24,32)(H,25,28)(H,26,31)(H,33,34)/t8-,9-,10-,11+,13-,14-/m0/s1. The molecule has 0 saturated heterocycles. The molecule has 0 heterocycles. The quantitative estimate of drug-likeness (QED) is 0.170. The van der Waals surface area contributed by atoms with E-state index in [2.05, 4.69) is 16.0 Å². The lowest BCUT2D eigenvalue weighted by Gasteiger charge is -2.28. The molecule has 34 heavy (non-hydrogen) atoms. The molecule has 6 atom stereocenters. The van der Waals surface area contributed by atoms with Crippen molar-refractivity contribution in [1.29, 1.82) is 0 Å². The second-order valence-electron chi connectivity index (χ2n) is 7.99. The predicted octanol–water partition coefficient (Wildman–Crippen LogP) is -1.30. The summed E-state index contributed by atoms with van der Waals surface area (Å²) in [5.74, 6) is -13.1. The smallest absolute Gasteiger partial charge is 0.401 e. The number of Topliss-reactive ketones (excluding diaryl/α,β-unsaturated/α-hetero) is 1. The molecule has 0 aromatic rings. The highest BCUT2D eigenvalue weighted by Gasteiger charge is 2.49. The molecule has 0 aliphatic rings. The highest BCUT2D eigenvalue weighted by atomic mass is 19.3. The van der Waals surface area contributed by atoms with Gasteiger partial charge in [-0.15, -0.1) is 0 Å². The first kappa shape index (κ1) is 30.8. The largest absolute Gasteiger partial charge is 0.476 e. The molecule has 0 aliphatic carbocycles. The predicted molar refractivity (Wildman–Crippen MR) is 113 cm³/mol. The van der Waals surface area contributed by atoms with Crippen LogP contribution >= 0.6 is 0 Å². The summed E-state index contributed by atoms with van der Waals surface area (Å²) in [7, 11) is 0. The van der Waals surface area contributed by atoms with Gasteiger partial charge in [0.1, 0.15) is 18.1 Å². The fourth-order valence-corrected chi connectivity index (χ4v) is 2.72. The fourth-order valence-electron chi connectivity index (χ4n) is 2.72. The summed E-state index contributed by atoms with van der Waals surface area (Å²) in [4.78, 5) is 70.9. The van der Waals surface area contributed by atoms with Gasteiger partial charge in [-0.2, -0.15) is 8.78 Å². The van der Waals surface area contributed by atoms with E-state index in [0.29, 0.717) is 6.42 Å². The van der Waals surface area contributed by atoms with Crippen LogP contribution in [-0.4, -0.2) is 81.8 Å². The molecule has 0 radical (unpaired) electrons. The van der Waals surface area contributed by atoms with Crippen LogP contribution < -0.4 is 21.3 Å². The van der Waals surface area contributed by atoms with Crippen molar-refractivity contribution in [2.75, 3.05) is 0 Å². The summed E-state index contributed by atoms with van der Waals surface area (Å²) in [5, 5.41) is 27.2. The number of nitrogens with one attached hydrogen (secondary N) is 4. The van der Waals surface area contributed by atoms with Crippen LogP contribution in [0.15, 0.2) is 0 Å². The average Bonchev–Trinajstić information content (AvgIpc) is 2.73. The summed E-state index contributed by atoms with van der Waals surface area (Å²) < 4.78 is 26.7. The summed E-state index contributed by atoms with van der Waals surface area (Å²) in [5.41, 5.74) is 0. The van der Waals surface area contributed by atoms with Gasteiger partial charge < -0.3 is 31.5 Å². The van der Waals surface area contributed by atoms with Gasteiger partial charge in [0.05, 0.1) is 12.1 Å². The number of alkyl halides is 2. The molecule has 0 spiro atoms. The maximum Gasteiger partial charge on any atom is 0.401 e. The Bertz CT molecular complexity index is 805. The van der Waals surface area contributed by atoms with Crippen molar-refractivity contribution in [2.45, 2.75) is 84.2 Å². The van der Waals surface area contributed by atoms with Gasteiger partial charge in [-0.1, -0.05) is 20.3 Å². The number of rotatable bonds is 13. The Balaban J connectivity index is 5.30. The topological polar surface area (TPSA) is 191 Å². The SMILES string of the molecule is CC[C@H](C)[C@H](NC(C)=O)C(=O)N[C@H](C(=O)N[C@@H](C)C(=O)N[C@@H](C)C(=O)C(F)(F)C(=O)O)[C@@H](C)O. The van der Waals surface area contributed by atoms with Gasteiger partial charge >= 0.3 is 11.9 Å². The van der Waals surface area contributed by atoms with Gasteiger partial charge in [0.25, 0.3) is 0 Å². The summed E-state index contributed by atoms with van der Waals surface area (Å²) in [6.45, 7) is 7.87. The molecule has 0 fully saturated rings. The van der Waals surface area contributed by atoms with Gasteiger partial charge in [-0.05, 0) is 26.7 Å². The van der Waals surface area contributed by atoms with Crippen LogP contribution in [0.3, 0.4) is 0 Å². The average molecular weight is 494 g/mol. The van der Waals surface area contributed by atoms with E-state index < -0.39 is 71.6 Å². The number of aliphatic carboxylic acids is 1. The molecule has 0 bridgehead atoms.